The van der Waals surface area contributed by atoms with Gasteiger partial charge >= 0.3 is 6.18 Å². The van der Waals surface area contributed by atoms with Crippen molar-refractivity contribution >= 4 is 0 Å². The monoisotopic (exact) mass is 276 g/mol. The maximum atomic E-state index is 12.6. The standard InChI is InChI=1S/C13H19F3N2O/c1-18(6-7-19-2)9-12(17)10-4-3-5-11(8-10)13(14,15)16/h3-5,8,12H,6-7,9,17H2,1-2H3. The van der Waals surface area contributed by atoms with E-state index >= 15 is 0 Å². The topological polar surface area (TPSA) is 38.5 Å². The summed E-state index contributed by atoms with van der Waals surface area (Å²) >= 11 is 0. The first-order valence-corrected chi connectivity index (χ1v) is 5.95. The van der Waals surface area contributed by atoms with Crippen LogP contribution in [0.4, 0.5) is 13.2 Å². The van der Waals surface area contributed by atoms with E-state index in [4.69, 9.17) is 10.5 Å². The highest BCUT2D eigenvalue weighted by Crippen LogP contribution is 2.30. The minimum absolute atomic E-state index is 0.454. The lowest BCUT2D eigenvalue weighted by Crippen LogP contribution is -2.31. The van der Waals surface area contributed by atoms with Crippen LogP contribution in [0.15, 0.2) is 24.3 Å². The Bertz CT molecular complexity index is 396. The van der Waals surface area contributed by atoms with Crippen molar-refractivity contribution in [3.05, 3.63) is 35.4 Å². The second-order valence-corrected chi connectivity index (χ2v) is 4.48. The average molecular weight is 276 g/mol. The smallest absolute Gasteiger partial charge is 0.383 e. The minimum Gasteiger partial charge on any atom is -0.383 e. The molecule has 0 amide bonds. The van der Waals surface area contributed by atoms with E-state index in [1.54, 1.807) is 13.2 Å². The first kappa shape index (κ1) is 15.9. The van der Waals surface area contributed by atoms with Crippen molar-refractivity contribution < 1.29 is 17.9 Å². The van der Waals surface area contributed by atoms with Gasteiger partial charge < -0.3 is 15.4 Å². The Morgan fingerprint density at radius 1 is 1.37 bits per heavy atom. The molecule has 0 radical (unpaired) electrons. The summed E-state index contributed by atoms with van der Waals surface area (Å²) in [6.07, 6.45) is -4.34. The molecule has 6 heteroatoms. The van der Waals surface area contributed by atoms with Gasteiger partial charge in [-0.3, -0.25) is 0 Å². The summed E-state index contributed by atoms with van der Waals surface area (Å²) in [4.78, 5) is 1.93. The number of halogens is 3. The Hall–Kier alpha value is -1.11. The first-order chi connectivity index (χ1) is 8.84. The summed E-state index contributed by atoms with van der Waals surface area (Å²) in [5, 5.41) is 0. The number of hydrogen-bond donors (Lipinski definition) is 1. The van der Waals surface area contributed by atoms with Crippen molar-refractivity contribution in [3.63, 3.8) is 0 Å². The lowest BCUT2D eigenvalue weighted by atomic mass is 10.0. The molecule has 108 valence electrons. The van der Waals surface area contributed by atoms with Gasteiger partial charge in [-0.15, -0.1) is 0 Å². The largest absolute Gasteiger partial charge is 0.416 e. The van der Waals surface area contributed by atoms with Gasteiger partial charge in [0.25, 0.3) is 0 Å². The molecule has 1 aromatic rings. The second-order valence-electron chi connectivity index (χ2n) is 4.48. The molecule has 0 aromatic heterocycles. The van der Waals surface area contributed by atoms with Crippen LogP contribution in [0.2, 0.25) is 0 Å². The van der Waals surface area contributed by atoms with E-state index in [2.05, 4.69) is 0 Å². The highest BCUT2D eigenvalue weighted by Gasteiger charge is 2.30. The van der Waals surface area contributed by atoms with Gasteiger partial charge in [-0.05, 0) is 24.7 Å². The summed E-state index contributed by atoms with van der Waals surface area (Å²) in [5.41, 5.74) is 5.75. The first-order valence-electron chi connectivity index (χ1n) is 5.95. The van der Waals surface area contributed by atoms with E-state index in [9.17, 15) is 13.2 Å². The highest BCUT2D eigenvalue weighted by molar-refractivity contribution is 5.28. The van der Waals surface area contributed by atoms with Crippen LogP contribution in [0, 0.1) is 0 Å². The lowest BCUT2D eigenvalue weighted by molar-refractivity contribution is -0.137. The quantitative estimate of drug-likeness (QED) is 0.866. The number of benzene rings is 1. The van der Waals surface area contributed by atoms with Crippen molar-refractivity contribution in [1.29, 1.82) is 0 Å². The van der Waals surface area contributed by atoms with E-state index in [1.807, 2.05) is 11.9 Å². The van der Waals surface area contributed by atoms with Crippen LogP contribution < -0.4 is 5.73 Å². The zero-order valence-corrected chi connectivity index (χ0v) is 11.1. The summed E-state index contributed by atoms with van der Waals surface area (Å²) in [6, 6.07) is 4.70. The van der Waals surface area contributed by atoms with Gasteiger partial charge in [0, 0.05) is 26.2 Å². The number of nitrogens with two attached hydrogens (primary N) is 1. The van der Waals surface area contributed by atoms with Crippen molar-refractivity contribution in [1.82, 2.24) is 4.90 Å². The molecule has 1 rings (SSSR count). The molecule has 19 heavy (non-hydrogen) atoms. The number of alkyl halides is 3. The van der Waals surface area contributed by atoms with Crippen molar-refractivity contribution in [2.24, 2.45) is 5.73 Å². The van der Waals surface area contributed by atoms with Crippen molar-refractivity contribution in [3.8, 4) is 0 Å². The van der Waals surface area contributed by atoms with Crippen LogP contribution in [-0.2, 0) is 10.9 Å². The van der Waals surface area contributed by atoms with Gasteiger partial charge in [-0.25, -0.2) is 0 Å². The fourth-order valence-electron chi connectivity index (χ4n) is 1.73. The van der Waals surface area contributed by atoms with E-state index < -0.39 is 17.8 Å². The van der Waals surface area contributed by atoms with Crippen LogP contribution in [0.3, 0.4) is 0 Å². The molecule has 1 atom stereocenters. The zero-order valence-electron chi connectivity index (χ0n) is 11.1. The summed E-state index contributed by atoms with van der Waals surface area (Å²) in [6.45, 7) is 1.72. The van der Waals surface area contributed by atoms with Crippen LogP contribution in [0.5, 0.6) is 0 Å². The average Bonchev–Trinajstić information content (AvgIpc) is 2.35. The maximum Gasteiger partial charge on any atom is 0.416 e. The number of nitrogens with zero attached hydrogens (tertiary/aromatic N) is 1. The van der Waals surface area contributed by atoms with Gasteiger partial charge in [-0.1, -0.05) is 12.1 Å². The number of methoxy groups -OCH3 is 1. The van der Waals surface area contributed by atoms with Gasteiger partial charge in [0.05, 0.1) is 12.2 Å². The lowest BCUT2D eigenvalue weighted by Gasteiger charge is -2.21. The molecule has 1 aromatic carbocycles. The summed E-state index contributed by atoms with van der Waals surface area (Å²) < 4.78 is 42.7. The van der Waals surface area contributed by atoms with E-state index in [-0.39, 0.29) is 0 Å². The fourth-order valence-corrected chi connectivity index (χ4v) is 1.73. The van der Waals surface area contributed by atoms with E-state index in [0.717, 1.165) is 12.1 Å². The molecular formula is C13H19F3N2O. The second kappa shape index (κ2) is 6.88. The molecule has 0 saturated heterocycles. The number of ether oxygens (including phenoxy) is 1. The number of likely N-dealkylation sites (N-methyl/N-ethyl adjacent to an activating group) is 1. The maximum absolute atomic E-state index is 12.6. The summed E-state index contributed by atoms with van der Waals surface area (Å²) in [7, 11) is 3.45. The van der Waals surface area contributed by atoms with Gasteiger partial charge in [0.2, 0.25) is 0 Å². The molecule has 0 spiro atoms. The molecule has 0 aliphatic carbocycles. The normalized spacial score (nSPS) is 13.8. The van der Waals surface area contributed by atoms with Crippen LogP contribution >= 0.6 is 0 Å². The van der Waals surface area contributed by atoms with Gasteiger partial charge in [0.1, 0.15) is 0 Å². The third-order valence-corrected chi connectivity index (χ3v) is 2.83. The zero-order chi connectivity index (χ0) is 14.5. The number of hydrogen-bond acceptors (Lipinski definition) is 3. The van der Waals surface area contributed by atoms with Gasteiger partial charge in [0.15, 0.2) is 0 Å². The van der Waals surface area contributed by atoms with Crippen molar-refractivity contribution in [2.45, 2.75) is 12.2 Å². The van der Waals surface area contributed by atoms with Crippen LogP contribution in [0.1, 0.15) is 17.2 Å². The Kier molecular flexibility index (Phi) is 5.78. The molecule has 0 heterocycles. The minimum atomic E-state index is -4.34. The summed E-state index contributed by atoms with van der Waals surface area (Å²) in [5.74, 6) is 0. The molecule has 0 fully saturated rings. The Labute approximate surface area is 111 Å². The molecule has 0 aliphatic heterocycles. The van der Waals surface area contributed by atoms with Gasteiger partial charge in [-0.2, -0.15) is 13.2 Å². The molecule has 0 bridgehead atoms. The highest BCUT2D eigenvalue weighted by atomic mass is 19.4. The fraction of sp³-hybridized carbons (Fsp3) is 0.538. The molecule has 1 unspecified atom stereocenters. The molecule has 2 N–H and O–H groups in total. The SMILES string of the molecule is COCCN(C)CC(N)c1cccc(C(F)(F)F)c1. The predicted octanol–water partition coefficient (Wildman–Crippen LogP) is 2.28. The Morgan fingerprint density at radius 2 is 2.05 bits per heavy atom. The number of rotatable bonds is 6. The third kappa shape index (κ3) is 5.18. The molecule has 0 aliphatic rings. The molecule has 3 nitrogen and oxygen atoms in total. The molecular weight excluding hydrogens is 257 g/mol. The van der Waals surface area contributed by atoms with E-state index in [1.165, 1.54) is 6.07 Å². The molecule has 0 saturated carbocycles. The van der Waals surface area contributed by atoms with Crippen LogP contribution in [0.25, 0.3) is 0 Å². The predicted molar refractivity (Wildman–Crippen MR) is 67.7 cm³/mol. The Morgan fingerprint density at radius 3 is 2.63 bits per heavy atom. The van der Waals surface area contributed by atoms with Crippen molar-refractivity contribution in [2.75, 3.05) is 33.9 Å². The van der Waals surface area contributed by atoms with E-state index in [0.29, 0.717) is 25.3 Å². The Balaban J connectivity index is 2.69. The third-order valence-electron chi connectivity index (χ3n) is 2.83. The van der Waals surface area contributed by atoms with Crippen LogP contribution in [-0.4, -0.2) is 38.8 Å².